The highest BCUT2D eigenvalue weighted by atomic mass is 16.6. The molecule has 10 nitrogen and oxygen atoms in total. The summed E-state index contributed by atoms with van der Waals surface area (Å²) in [5, 5.41) is 3.03. The van der Waals surface area contributed by atoms with Gasteiger partial charge in [0.2, 0.25) is 5.91 Å². The minimum Gasteiger partial charge on any atom is -0.496 e. The molecule has 3 aromatic carbocycles. The van der Waals surface area contributed by atoms with Gasteiger partial charge >= 0.3 is 6.09 Å². The molecule has 0 aliphatic carbocycles. The number of hydrogen-bond acceptors (Lipinski definition) is 8. The zero-order valence-electron chi connectivity index (χ0n) is 31.7. The Morgan fingerprint density at radius 2 is 1.75 bits per heavy atom. The van der Waals surface area contributed by atoms with Gasteiger partial charge in [0.15, 0.2) is 0 Å². The molecule has 52 heavy (non-hydrogen) atoms. The molecule has 282 valence electrons. The smallest absolute Gasteiger partial charge is 0.410 e. The van der Waals surface area contributed by atoms with Crippen molar-refractivity contribution in [1.82, 2.24) is 4.90 Å². The van der Waals surface area contributed by atoms with E-state index in [0.717, 1.165) is 71.5 Å². The first-order valence-corrected chi connectivity index (χ1v) is 18.6. The molecule has 1 N–H and O–H groups in total. The van der Waals surface area contributed by atoms with E-state index in [1.54, 1.807) is 19.1 Å². The molecule has 10 heteroatoms. The number of nitrogens with one attached hydrogen (secondary N) is 1. The van der Waals surface area contributed by atoms with Crippen LogP contribution in [0.5, 0.6) is 11.5 Å². The van der Waals surface area contributed by atoms with Crippen LogP contribution in [0.2, 0.25) is 0 Å². The van der Waals surface area contributed by atoms with Crippen LogP contribution in [0, 0.1) is 0 Å². The summed E-state index contributed by atoms with van der Waals surface area (Å²) < 4.78 is 35.8. The summed E-state index contributed by atoms with van der Waals surface area (Å²) in [5.41, 5.74) is 4.52. The number of hydrogen-bond donors (Lipinski definition) is 1. The molecule has 0 radical (unpaired) electrons. The third kappa shape index (κ3) is 10.9. The number of aryl methyl sites for hydroxylation is 1. The van der Waals surface area contributed by atoms with Gasteiger partial charge in [-0.2, -0.15) is 0 Å². The zero-order chi connectivity index (χ0) is 37.1. The van der Waals surface area contributed by atoms with E-state index in [1.165, 1.54) is 0 Å². The second kappa shape index (κ2) is 18.6. The first-order chi connectivity index (χ1) is 25.0. The molecule has 0 saturated carbocycles. The lowest BCUT2D eigenvalue weighted by atomic mass is 9.86. The van der Waals surface area contributed by atoms with Crippen LogP contribution in [0.1, 0.15) is 100 Å². The number of para-hydroxylation sites is 1. The monoisotopic (exact) mass is 716 g/mol. The van der Waals surface area contributed by atoms with Gasteiger partial charge in [-0.25, -0.2) is 4.79 Å². The van der Waals surface area contributed by atoms with Crippen LogP contribution in [0.15, 0.2) is 66.7 Å². The third-order valence-corrected chi connectivity index (χ3v) is 9.58. The average Bonchev–Trinajstić information content (AvgIpc) is 3.13. The van der Waals surface area contributed by atoms with Gasteiger partial charge in [-0.05, 0) is 94.3 Å². The minimum absolute atomic E-state index is 0.0290. The topological polar surface area (TPSA) is 105 Å². The van der Waals surface area contributed by atoms with E-state index in [1.807, 2.05) is 70.2 Å². The van der Waals surface area contributed by atoms with Crippen molar-refractivity contribution < 1.29 is 38.0 Å². The van der Waals surface area contributed by atoms with Crippen molar-refractivity contribution in [3.05, 3.63) is 89.0 Å². The summed E-state index contributed by atoms with van der Waals surface area (Å²) in [5.74, 6) is 1.68. The number of anilines is 1. The lowest BCUT2D eigenvalue weighted by Crippen LogP contribution is -2.48. The average molecular weight is 717 g/mol. The van der Waals surface area contributed by atoms with Crippen LogP contribution in [0.25, 0.3) is 0 Å². The summed E-state index contributed by atoms with van der Waals surface area (Å²) >= 11 is 0. The first-order valence-electron chi connectivity index (χ1n) is 18.6. The molecular formula is C42H56N2O8. The molecular weight excluding hydrogens is 660 g/mol. The first kappa shape index (κ1) is 39.1. The maximum atomic E-state index is 13.3. The number of piperidine rings is 1. The molecule has 2 amide bonds. The molecule has 4 atom stereocenters. The Morgan fingerprint density at radius 3 is 2.50 bits per heavy atom. The Labute approximate surface area is 309 Å². The van der Waals surface area contributed by atoms with Crippen LogP contribution in [0.3, 0.4) is 0 Å². The number of rotatable bonds is 16. The number of ether oxygens (including phenoxy) is 6. The predicted molar refractivity (Wildman–Crippen MR) is 201 cm³/mol. The van der Waals surface area contributed by atoms with Crippen molar-refractivity contribution in [1.29, 1.82) is 0 Å². The van der Waals surface area contributed by atoms with Gasteiger partial charge in [-0.15, -0.1) is 0 Å². The second-order valence-corrected chi connectivity index (χ2v) is 14.6. The molecule has 3 aromatic rings. The lowest BCUT2D eigenvalue weighted by Gasteiger charge is -2.40. The van der Waals surface area contributed by atoms with Gasteiger partial charge in [-0.1, -0.05) is 42.5 Å². The number of carbonyl (C=O) groups is 2. The summed E-state index contributed by atoms with van der Waals surface area (Å²) in [6.07, 6.45) is 3.23. The molecule has 5 rings (SSSR count). The summed E-state index contributed by atoms with van der Waals surface area (Å²) in [6.45, 7) is 10.3. The second-order valence-electron chi connectivity index (χ2n) is 14.6. The normalized spacial score (nSPS) is 18.6. The maximum Gasteiger partial charge on any atom is 0.410 e. The summed E-state index contributed by atoms with van der Waals surface area (Å²) in [6, 6.07) is 22.4. The molecule has 2 aliphatic rings. The number of likely N-dealkylation sites (tertiary alicyclic amines) is 1. The van der Waals surface area contributed by atoms with Crippen LogP contribution < -0.4 is 14.8 Å². The van der Waals surface area contributed by atoms with Gasteiger partial charge in [0.1, 0.15) is 17.1 Å². The van der Waals surface area contributed by atoms with Crippen molar-refractivity contribution in [2.45, 2.75) is 96.1 Å². The molecule has 2 heterocycles. The van der Waals surface area contributed by atoms with Crippen LogP contribution in [0.4, 0.5) is 10.5 Å². The Balaban J connectivity index is 1.26. The number of benzene rings is 3. The minimum atomic E-state index is -0.601. The summed E-state index contributed by atoms with van der Waals surface area (Å²) in [7, 11) is 3.37. The van der Waals surface area contributed by atoms with Crippen molar-refractivity contribution in [3.63, 3.8) is 0 Å². The molecule has 4 unspecified atom stereocenters. The van der Waals surface area contributed by atoms with Gasteiger partial charge in [0.05, 0.1) is 45.2 Å². The Bertz CT molecular complexity index is 1600. The van der Waals surface area contributed by atoms with E-state index in [-0.39, 0.29) is 36.2 Å². The molecule has 1 fully saturated rings. The van der Waals surface area contributed by atoms with Gasteiger partial charge in [0, 0.05) is 50.3 Å². The fourth-order valence-corrected chi connectivity index (χ4v) is 6.87. The molecule has 1 saturated heterocycles. The fraction of sp³-hybridized carbons (Fsp3) is 0.524. The fourth-order valence-electron chi connectivity index (χ4n) is 6.87. The van der Waals surface area contributed by atoms with E-state index in [0.29, 0.717) is 39.3 Å². The summed E-state index contributed by atoms with van der Waals surface area (Å²) in [4.78, 5) is 27.2. The van der Waals surface area contributed by atoms with Crippen LogP contribution in [-0.2, 0) is 30.2 Å². The molecule has 0 bridgehead atoms. The Kier molecular flexibility index (Phi) is 14.0. The SMILES string of the molecule is COCCCC(OC1CN(C(=O)OC(C)(C)C)CCC1c1ccc(OCCCOC(C)c2ccccc2OC)cc1)c1ccc2c(c1)NC(=O)CC2. The van der Waals surface area contributed by atoms with Crippen molar-refractivity contribution in [2.75, 3.05) is 52.4 Å². The number of amides is 2. The van der Waals surface area contributed by atoms with Gasteiger partial charge < -0.3 is 38.6 Å². The zero-order valence-corrected chi connectivity index (χ0v) is 31.7. The number of nitrogens with zero attached hydrogens (tertiary/aromatic N) is 1. The third-order valence-electron chi connectivity index (χ3n) is 9.58. The highest BCUT2D eigenvalue weighted by Crippen LogP contribution is 2.38. The van der Waals surface area contributed by atoms with Crippen molar-refractivity contribution in [3.8, 4) is 11.5 Å². The highest BCUT2D eigenvalue weighted by Gasteiger charge is 2.37. The lowest BCUT2D eigenvalue weighted by molar-refractivity contribution is -0.116. The Hall–Kier alpha value is -4.12. The maximum absolute atomic E-state index is 13.3. The van der Waals surface area contributed by atoms with Crippen LogP contribution in [-0.4, -0.2) is 75.7 Å². The van der Waals surface area contributed by atoms with E-state index >= 15 is 0 Å². The van der Waals surface area contributed by atoms with Crippen LogP contribution >= 0.6 is 0 Å². The largest absolute Gasteiger partial charge is 0.496 e. The number of methoxy groups -OCH3 is 2. The molecule has 2 aliphatic heterocycles. The molecule has 0 spiro atoms. The standard InChI is InChI=1S/C42H56N2O8/c1-29(34-11-7-8-12-38(34)48-6)49-25-10-26-50-33-19-16-30(17-20-33)35-22-23-44(41(46)52-42(2,3)4)28-39(35)51-37(13-9-24-47-5)32-15-14-31-18-21-40(45)43-36(31)27-32/h7-8,11-12,14-17,19-20,27,29,35,37,39H,9-10,13,18,21-26,28H2,1-6H3,(H,43,45). The van der Waals surface area contributed by atoms with Gasteiger partial charge in [-0.3, -0.25) is 4.79 Å². The van der Waals surface area contributed by atoms with E-state index < -0.39 is 5.60 Å². The van der Waals surface area contributed by atoms with E-state index in [4.69, 9.17) is 28.4 Å². The van der Waals surface area contributed by atoms with Gasteiger partial charge in [0.25, 0.3) is 0 Å². The molecule has 0 aromatic heterocycles. The quantitative estimate of drug-likeness (QED) is 0.148. The number of carbonyl (C=O) groups excluding carboxylic acids is 2. The Morgan fingerprint density at radius 1 is 0.962 bits per heavy atom. The van der Waals surface area contributed by atoms with Crippen molar-refractivity contribution in [2.24, 2.45) is 0 Å². The highest BCUT2D eigenvalue weighted by molar-refractivity contribution is 5.94. The predicted octanol–water partition coefficient (Wildman–Crippen LogP) is 8.40. The van der Waals surface area contributed by atoms with E-state index in [9.17, 15) is 9.59 Å². The van der Waals surface area contributed by atoms with Crippen molar-refractivity contribution >= 4 is 17.7 Å². The number of fused-ring (bicyclic) bond motifs is 1. The van der Waals surface area contributed by atoms with E-state index in [2.05, 4.69) is 29.6 Å².